The van der Waals surface area contributed by atoms with E-state index in [1.54, 1.807) is 0 Å². The van der Waals surface area contributed by atoms with Gasteiger partial charge in [0.15, 0.2) is 0 Å². The fourth-order valence-corrected chi connectivity index (χ4v) is 2.05. The molecule has 0 saturated heterocycles. The lowest BCUT2D eigenvalue weighted by Crippen LogP contribution is -2.27. The molecule has 1 saturated carbocycles. The summed E-state index contributed by atoms with van der Waals surface area (Å²) < 4.78 is 0. The Balaban J connectivity index is 2.18. The van der Waals surface area contributed by atoms with E-state index in [2.05, 4.69) is 34.8 Å². The highest BCUT2D eigenvalue weighted by atomic mass is 15.2. The minimum Gasteiger partial charge on any atom is -0.363 e. The Morgan fingerprint density at radius 3 is 3.06 bits per heavy atom. The van der Waals surface area contributed by atoms with Crippen LogP contribution in [0.15, 0.2) is 31.1 Å². The zero-order valence-corrected chi connectivity index (χ0v) is 10.5. The monoisotopic (exact) mass is 231 g/mol. The van der Waals surface area contributed by atoms with Gasteiger partial charge in [-0.2, -0.15) is 0 Å². The van der Waals surface area contributed by atoms with Gasteiger partial charge in [0.2, 0.25) is 0 Å². The van der Waals surface area contributed by atoms with Gasteiger partial charge in [0, 0.05) is 25.3 Å². The van der Waals surface area contributed by atoms with Crippen molar-refractivity contribution in [3.63, 3.8) is 0 Å². The van der Waals surface area contributed by atoms with Crippen molar-refractivity contribution in [2.24, 2.45) is 0 Å². The normalized spacial score (nSPS) is 14.6. The summed E-state index contributed by atoms with van der Waals surface area (Å²) in [6.07, 6.45) is 8.42. The van der Waals surface area contributed by atoms with E-state index in [4.69, 9.17) is 0 Å². The van der Waals surface area contributed by atoms with Gasteiger partial charge in [-0.15, -0.1) is 6.58 Å². The summed E-state index contributed by atoms with van der Waals surface area (Å²) in [6.45, 7) is 8.79. The Morgan fingerprint density at radius 1 is 1.59 bits per heavy atom. The lowest BCUT2D eigenvalue weighted by Gasteiger charge is -2.25. The molecule has 0 aliphatic heterocycles. The number of nitrogens with zero attached hydrogens (tertiary/aromatic N) is 2. The molecule has 1 aromatic rings. The van der Waals surface area contributed by atoms with Gasteiger partial charge in [0.05, 0.1) is 11.9 Å². The van der Waals surface area contributed by atoms with Crippen molar-refractivity contribution in [2.75, 3.05) is 18.0 Å². The standard InChI is InChI=1S/C14H21N3/c1-3-9-17(13-5-6-13)14-11-16-8-7-12(14)10-15-4-2/h3,7-8,11,13,15H,1,4-6,9-10H2,2H3. The second-order valence-electron chi connectivity index (χ2n) is 4.46. The highest BCUT2D eigenvalue weighted by Crippen LogP contribution is 2.32. The zero-order chi connectivity index (χ0) is 12.1. The van der Waals surface area contributed by atoms with E-state index in [9.17, 15) is 0 Å². The molecule has 1 heterocycles. The summed E-state index contributed by atoms with van der Waals surface area (Å²) in [4.78, 5) is 6.69. The van der Waals surface area contributed by atoms with Gasteiger partial charge < -0.3 is 10.2 Å². The van der Waals surface area contributed by atoms with Crippen LogP contribution in [0.3, 0.4) is 0 Å². The fourth-order valence-electron chi connectivity index (χ4n) is 2.05. The van der Waals surface area contributed by atoms with Crippen LogP contribution in [0.5, 0.6) is 0 Å². The minimum atomic E-state index is 0.692. The largest absolute Gasteiger partial charge is 0.363 e. The van der Waals surface area contributed by atoms with Crippen molar-refractivity contribution in [3.8, 4) is 0 Å². The number of hydrogen-bond acceptors (Lipinski definition) is 3. The second kappa shape index (κ2) is 5.82. The molecule has 3 heteroatoms. The highest BCUT2D eigenvalue weighted by Gasteiger charge is 2.29. The Labute approximate surface area is 104 Å². The third-order valence-electron chi connectivity index (χ3n) is 3.08. The lowest BCUT2D eigenvalue weighted by molar-refractivity contribution is 0.719. The number of pyridine rings is 1. The first-order valence-corrected chi connectivity index (χ1v) is 6.38. The molecule has 2 rings (SSSR count). The molecule has 1 aliphatic carbocycles. The van der Waals surface area contributed by atoms with Gasteiger partial charge >= 0.3 is 0 Å². The van der Waals surface area contributed by atoms with E-state index in [0.29, 0.717) is 6.04 Å². The molecule has 1 aliphatic rings. The summed E-state index contributed by atoms with van der Waals surface area (Å²) in [5, 5.41) is 3.38. The maximum absolute atomic E-state index is 4.26. The third kappa shape index (κ3) is 3.07. The van der Waals surface area contributed by atoms with Gasteiger partial charge in [-0.1, -0.05) is 13.0 Å². The van der Waals surface area contributed by atoms with Crippen molar-refractivity contribution in [2.45, 2.75) is 32.4 Å². The van der Waals surface area contributed by atoms with Crippen LogP contribution in [0, 0.1) is 0 Å². The van der Waals surface area contributed by atoms with Crippen LogP contribution in [0.4, 0.5) is 5.69 Å². The third-order valence-corrected chi connectivity index (χ3v) is 3.08. The van der Waals surface area contributed by atoms with Crippen LogP contribution in [0.2, 0.25) is 0 Å². The average molecular weight is 231 g/mol. The molecule has 0 bridgehead atoms. The van der Waals surface area contributed by atoms with Gasteiger partial charge in [-0.25, -0.2) is 0 Å². The van der Waals surface area contributed by atoms with Crippen molar-refractivity contribution in [1.29, 1.82) is 0 Å². The zero-order valence-electron chi connectivity index (χ0n) is 10.5. The molecule has 1 aromatic heterocycles. The average Bonchev–Trinajstić information content (AvgIpc) is 3.18. The summed E-state index contributed by atoms with van der Waals surface area (Å²) in [5.74, 6) is 0. The number of anilines is 1. The molecule has 0 spiro atoms. The second-order valence-corrected chi connectivity index (χ2v) is 4.46. The number of nitrogens with one attached hydrogen (secondary N) is 1. The maximum atomic E-state index is 4.26. The predicted molar refractivity (Wildman–Crippen MR) is 72.2 cm³/mol. The van der Waals surface area contributed by atoms with Crippen LogP contribution < -0.4 is 10.2 Å². The predicted octanol–water partition coefficient (Wildman–Crippen LogP) is 2.35. The van der Waals surface area contributed by atoms with Crippen LogP contribution in [0.25, 0.3) is 0 Å². The van der Waals surface area contributed by atoms with Crippen LogP contribution in [0.1, 0.15) is 25.3 Å². The number of aromatic nitrogens is 1. The first-order valence-electron chi connectivity index (χ1n) is 6.38. The van der Waals surface area contributed by atoms with Gasteiger partial charge in [-0.3, -0.25) is 4.98 Å². The van der Waals surface area contributed by atoms with E-state index < -0.39 is 0 Å². The summed E-state index contributed by atoms with van der Waals surface area (Å²) in [5.41, 5.74) is 2.59. The van der Waals surface area contributed by atoms with Gasteiger partial charge in [0.25, 0.3) is 0 Å². The van der Waals surface area contributed by atoms with E-state index >= 15 is 0 Å². The summed E-state index contributed by atoms with van der Waals surface area (Å²) >= 11 is 0. The molecule has 0 aromatic carbocycles. The molecule has 1 fully saturated rings. The van der Waals surface area contributed by atoms with Gasteiger partial charge in [0.1, 0.15) is 0 Å². The van der Waals surface area contributed by atoms with E-state index in [0.717, 1.165) is 19.6 Å². The van der Waals surface area contributed by atoms with Crippen LogP contribution in [-0.2, 0) is 6.54 Å². The topological polar surface area (TPSA) is 28.2 Å². The molecule has 3 nitrogen and oxygen atoms in total. The Morgan fingerprint density at radius 2 is 2.41 bits per heavy atom. The fraction of sp³-hybridized carbons (Fsp3) is 0.500. The molecular weight excluding hydrogens is 210 g/mol. The maximum Gasteiger partial charge on any atom is 0.0603 e. The van der Waals surface area contributed by atoms with E-state index in [1.165, 1.54) is 24.1 Å². The molecule has 0 amide bonds. The van der Waals surface area contributed by atoms with Crippen molar-refractivity contribution < 1.29 is 0 Å². The Bertz CT molecular complexity index is 371. The van der Waals surface area contributed by atoms with Crippen molar-refractivity contribution >= 4 is 5.69 Å². The molecule has 17 heavy (non-hydrogen) atoms. The Hall–Kier alpha value is -1.35. The first kappa shape index (κ1) is 12.1. The van der Waals surface area contributed by atoms with E-state index in [1.807, 2.05) is 18.5 Å². The SMILES string of the molecule is C=CCN(c1cnccc1CNCC)C1CC1. The van der Waals surface area contributed by atoms with Crippen molar-refractivity contribution in [3.05, 3.63) is 36.7 Å². The van der Waals surface area contributed by atoms with Crippen LogP contribution >= 0.6 is 0 Å². The van der Waals surface area contributed by atoms with Crippen LogP contribution in [-0.4, -0.2) is 24.1 Å². The van der Waals surface area contributed by atoms with E-state index in [-0.39, 0.29) is 0 Å². The summed E-state index contributed by atoms with van der Waals surface area (Å²) in [6, 6.07) is 2.80. The molecule has 0 radical (unpaired) electrons. The first-order chi connectivity index (χ1) is 8.36. The van der Waals surface area contributed by atoms with Gasteiger partial charge in [-0.05, 0) is 31.0 Å². The smallest absolute Gasteiger partial charge is 0.0603 e. The molecule has 1 N–H and O–H groups in total. The highest BCUT2D eigenvalue weighted by molar-refractivity contribution is 5.54. The molecular formula is C14H21N3. The minimum absolute atomic E-state index is 0.692. The Kier molecular flexibility index (Phi) is 4.15. The number of hydrogen-bond donors (Lipinski definition) is 1. The van der Waals surface area contributed by atoms with Crippen molar-refractivity contribution in [1.82, 2.24) is 10.3 Å². The molecule has 0 atom stereocenters. The summed E-state index contributed by atoms with van der Waals surface area (Å²) in [7, 11) is 0. The number of rotatable bonds is 7. The molecule has 92 valence electrons. The lowest BCUT2D eigenvalue weighted by atomic mass is 10.2. The molecule has 0 unspecified atom stereocenters. The quantitative estimate of drug-likeness (QED) is 0.730.